The van der Waals surface area contributed by atoms with Crippen molar-refractivity contribution in [2.45, 2.75) is 56.6 Å². The van der Waals surface area contributed by atoms with Crippen LogP contribution < -0.4 is 19.1 Å². The van der Waals surface area contributed by atoms with E-state index in [1.807, 2.05) is 19.9 Å². The topological polar surface area (TPSA) is 84.9 Å². The Labute approximate surface area is 218 Å². The number of sulfonamides is 1. The normalized spacial score (nSPS) is 17.7. The maximum atomic E-state index is 13.7. The number of hydrogen-bond donors (Lipinski definition) is 1. The van der Waals surface area contributed by atoms with E-state index in [2.05, 4.69) is 23.5 Å². The minimum Gasteiger partial charge on any atom is -0.497 e. The van der Waals surface area contributed by atoms with E-state index in [9.17, 15) is 13.2 Å². The quantitative estimate of drug-likeness (QED) is 0.509. The van der Waals surface area contributed by atoms with E-state index in [1.54, 1.807) is 24.3 Å². The molecule has 1 aliphatic carbocycles. The third-order valence-electron chi connectivity index (χ3n) is 7.16. The molecule has 3 aromatic rings. The molecule has 2 aliphatic rings. The fourth-order valence-corrected chi connectivity index (χ4v) is 6.48. The fraction of sp³-hybridized carbons (Fsp3) is 0.345. The van der Waals surface area contributed by atoms with Crippen LogP contribution in [0.1, 0.15) is 48.1 Å². The van der Waals surface area contributed by atoms with E-state index in [1.165, 1.54) is 47.5 Å². The predicted molar refractivity (Wildman–Crippen MR) is 143 cm³/mol. The first-order chi connectivity index (χ1) is 17.8. The van der Waals surface area contributed by atoms with Crippen molar-refractivity contribution in [3.05, 3.63) is 82.9 Å². The zero-order valence-electron chi connectivity index (χ0n) is 21.4. The number of carbonyl (C=O) groups excluding carboxylic acids is 1. The maximum Gasteiger partial charge on any atom is 0.264 e. The van der Waals surface area contributed by atoms with Crippen LogP contribution in [-0.2, 0) is 27.7 Å². The summed E-state index contributed by atoms with van der Waals surface area (Å²) in [5.74, 6) is 0.562. The van der Waals surface area contributed by atoms with Crippen LogP contribution in [0.2, 0.25) is 0 Å². The van der Waals surface area contributed by atoms with Crippen molar-refractivity contribution < 1.29 is 22.7 Å². The lowest BCUT2D eigenvalue weighted by Gasteiger charge is -2.35. The number of carbonyl (C=O) groups is 1. The fourth-order valence-electron chi connectivity index (χ4n) is 5.01. The second-order valence-electron chi connectivity index (χ2n) is 9.75. The Morgan fingerprint density at radius 3 is 2.49 bits per heavy atom. The number of amides is 1. The lowest BCUT2D eigenvalue weighted by atomic mass is 9.89. The van der Waals surface area contributed by atoms with Crippen molar-refractivity contribution in [2.75, 3.05) is 18.0 Å². The molecule has 0 unspecified atom stereocenters. The molecule has 3 aromatic carbocycles. The highest BCUT2D eigenvalue weighted by Gasteiger charge is 2.38. The maximum absolute atomic E-state index is 13.7. The highest BCUT2D eigenvalue weighted by atomic mass is 32.2. The monoisotopic (exact) mass is 520 g/mol. The zero-order valence-corrected chi connectivity index (χ0v) is 22.2. The van der Waals surface area contributed by atoms with Gasteiger partial charge in [0.25, 0.3) is 15.9 Å². The number of methoxy groups -OCH3 is 1. The molecule has 1 heterocycles. The first kappa shape index (κ1) is 25.1. The molecule has 8 heteroatoms. The van der Waals surface area contributed by atoms with Gasteiger partial charge in [-0.3, -0.25) is 9.10 Å². The molecule has 1 N–H and O–H groups in total. The third kappa shape index (κ3) is 5.03. The molecular formula is C29H32N2O5S. The molecule has 0 fully saturated rings. The number of anilines is 1. The highest BCUT2D eigenvalue weighted by Crippen LogP contribution is 2.38. The van der Waals surface area contributed by atoms with Crippen LogP contribution in [0.5, 0.6) is 11.5 Å². The number of hydrogen-bond acceptors (Lipinski definition) is 5. The molecule has 0 radical (unpaired) electrons. The van der Waals surface area contributed by atoms with Crippen molar-refractivity contribution in [1.82, 2.24) is 5.32 Å². The average molecular weight is 521 g/mol. The molecule has 1 amide bonds. The van der Waals surface area contributed by atoms with Gasteiger partial charge in [-0.05, 0) is 98.2 Å². The first-order valence-corrected chi connectivity index (χ1v) is 14.1. The summed E-state index contributed by atoms with van der Waals surface area (Å²) in [6.45, 7) is 3.69. The van der Waals surface area contributed by atoms with Crippen LogP contribution in [0.15, 0.2) is 65.6 Å². The summed E-state index contributed by atoms with van der Waals surface area (Å²) in [5, 5.41) is 3.04. The molecule has 2 atom stereocenters. The van der Waals surface area contributed by atoms with Crippen molar-refractivity contribution in [3.8, 4) is 11.5 Å². The Morgan fingerprint density at radius 1 is 1.03 bits per heavy atom. The molecular weight excluding hydrogens is 488 g/mol. The van der Waals surface area contributed by atoms with Gasteiger partial charge in [0.2, 0.25) is 0 Å². The van der Waals surface area contributed by atoms with E-state index in [-0.39, 0.29) is 23.4 Å². The van der Waals surface area contributed by atoms with Gasteiger partial charge in [-0.1, -0.05) is 24.3 Å². The van der Waals surface area contributed by atoms with E-state index in [0.717, 1.165) is 24.0 Å². The molecule has 0 bridgehead atoms. The Kier molecular flexibility index (Phi) is 6.86. The number of nitrogens with one attached hydrogen (secondary N) is 1. The van der Waals surface area contributed by atoms with E-state index in [4.69, 9.17) is 9.47 Å². The summed E-state index contributed by atoms with van der Waals surface area (Å²) in [6, 6.07) is 17.7. The van der Waals surface area contributed by atoms with Crippen LogP contribution in [0.25, 0.3) is 0 Å². The zero-order chi connectivity index (χ0) is 26.2. The average Bonchev–Trinajstić information content (AvgIpc) is 2.92. The van der Waals surface area contributed by atoms with Gasteiger partial charge in [0.05, 0.1) is 30.3 Å². The molecule has 194 valence electrons. The number of nitrogens with zero attached hydrogens (tertiary/aromatic N) is 1. The summed E-state index contributed by atoms with van der Waals surface area (Å²) < 4.78 is 39.9. The summed E-state index contributed by atoms with van der Waals surface area (Å²) in [5.41, 5.74) is 5.07. The highest BCUT2D eigenvalue weighted by molar-refractivity contribution is 7.92. The van der Waals surface area contributed by atoms with Crippen molar-refractivity contribution in [1.29, 1.82) is 0 Å². The van der Waals surface area contributed by atoms with Gasteiger partial charge in [-0.2, -0.15) is 0 Å². The summed E-state index contributed by atoms with van der Waals surface area (Å²) in [4.78, 5) is 13.5. The smallest absolute Gasteiger partial charge is 0.264 e. The number of aryl methyl sites for hydroxylation is 3. The first-order valence-electron chi connectivity index (χ1n) is 12.6. The molecule has 0 aromatic heterocycles. The standard InChI is InChI=1S/C29H32N2O5S/c1-19-8-15-27-26(16-19)31(37(33,34)25-13-11-24(35-3)12-14-25)18-28(36-27)29(32)30-20(2)22-10-9-21-6-4-5-7-23(21)17-22/h8-17,20,28H,4-7,18H2,1-3H3,(H,30,32)/t20-,28+/m1/s1. The van der Waals surface area contributed by atoms with Crippen LogP contribution >= 0.6 is 0 Å². The molecule has 0 saturated heterocycles. The van der Waals surface area contributed by atoms with Crippen LogP contribution in [-0.4, -0.2) is 34.1 Å². The Balaban J connectivity index is 1.40. The second-order valence-corrected chi connectivity index (χ2v) is 11.6. The van der Waals surface area contributed by atoms with Crippen LogP contribution in [0.4, 0.5) is 5.69 Å². The van der Waals surface area contributed by atoms with Gasteiger partial charge in [0, 0.05) is 0 Å². The van der Waals surface area contributed by atoms with Gasteiger partial charge in [0.1, 0.15) is 11.5 Å². The lowest BCUT2D eigenvalue weighted by molar-refractivity contribution is -0.128. The number of benzene rings is 3. The largest absolute Gasteiger partial charge is 0.497 e. The molecule has 1 aliphatic heterocycles. The van der Waals surface area contributed by atoms with Gasteiger partial charge < -0.3 is 14.8 Å². The Hall–Kier alpha value is -3.52. The second kappa shape index (κ2) is 10.1. The van der Waals surface area contributed by atoms with Gasteiger partial charge in [-0.15, -0.1) is 0 Å². The van der Waals surface area contributed by atoms with Crippen molar-refractivity contribution in [2.24, 2.45) is 0 Å². The number of ether oxygens (including phenoxy) is 2. The van der Waals surface area contributed by atoms with Gasteiger partial charge in [0.15, 0.2) is 6.10 Å². The van der Waals surface area contributed by atoms with E-state index < -0.39 is 16.1 Å². The van der Waals surface area contributed by atoms with Crippen molar-refractivity contribution in [3.63, 3.8) is 0 Å². The minimum absolute atomic E-state index is 0.115. The molecule has 0 saturated carbocycles. The van der Waals surface area contributed by atoms with Crippen LogP contribution in [0.3, 0.4) is 0 Å². The molecule has 0 spiro atoms. The lowest BCUT2D eigenvalue weighted by Crippen LogP contribution is -2.51. The minimum atomic E-state index is -3.96. The Morgan fingerprint density at radius 2 is 1.76 bits per heavy atom. The SMILES string of the molecule is COc1ccc(S(=O)(=O)N2C[C@@H](C(=O)N[C@H](C)c3ccc4c(c3)CCCC4)Oc3ccc(C)cc32)cc1. The van der Waals surface area contributed by atoms with Gasteiger partial charge in [-0.25, -0.2) is 8.42 Å². The number of rotatable bonds is 6. The number of fused-ring (bicyclic) bond motifs is 2. The van der Waals surface area contributed by atoms with E-state index in [0.29, 0.717) is 17.2 Å². The predicted octanol–water partition coefficient (Wildman–Crippen LogP) is 4.72. The summed E-state index contributed by atoms with van der Waals surface area (Å²) >= 11 is 0. The van der Waals surface area contributed by atoms with Gasteiger partial charge >= 0.3 is 0 Å². The van der Waals surface area contributed by atoms with E-state index >= 15 is 0 Å². The summed E-state index contributed by atoms with van der Waals surface area (Å²) in [6.07, 6.45) is 3.57. The Bertz CT molecular complexity index is 1420. The molecule has 37 heavy (non-hydrogen) atoms. The van der Waals surface area contributed by atoms with Crippen molar-refractivity contribution >= 4 is 21.6 Å². The molecule has 7 nitrogen and oxygen atoms in total. The summed E-state index contributed by atoms with van der Waals surface area (Å²) in [7, 11) is -2.43. The third-order valence-corrected chi connectivity index (χ3v) is 8.95. The molecule has 5 rings (SSSR count). The van der Waals surface area contributed by atoms with Crippen LogP contribution in [0, 0.1) is 6.92 Å².